The fraction of sp³-hybridized carbons (Fsp3) is 0.222. The quantitative estimate of drug-likeness (QED) is 0.163. The van der Waals surface area contributed by atoms with Gasteiger partial charge in [-0.05, 0) is 0 Å². The van der Waals surface area contributed by atoms with E-state index in [1.54, 1.807) is 0 Å². The fourth-order valence-electron chi connectivity index (χ4n) is 7.44. The van der Waals surface area contributed by atoms with E-state index < -0.39 is 21.5 Å². The second-order valence-electron chi connectivity index (χ2n) is 12.0. The Morgan fingerprint density at radius 3 is 1.33 bits per heavy atom. The van der Waals surface area contributed by atoms with Gasteiger partial charge in [0.05, 0.1) is 0 Å². The van der Waals surface area contributed by atoms with Crippen LogP contribution < -0.4 is 0 Å². The van der Waals surface area contributed by atoms with Crippen LogP contribution >= 0.6 is 48.9 Å². The van der Waals surface area contributed by atoms with Crippen LogP contribution in [0.1, 0.15) is 56.2 Å². The molecule has 0 nitrogen and oxygen atoms in total. The molecule has 2 aliphatic rings. The van der Waals surface area contributed by atoms with Crippen molar-refractivity contribution in [3.8, 4) is 22.3 Å². The van der Waals surface area contributed by atoms with E-state index in [1.165, 1.54) is 55.7 Å². The van der Waals surface area contributed by atoms with Crippen LogP contribution in [-0.4, -0.2) is 5.92 Å². The zero-order chi connectivity index (χ0) is 29.8. The summed E-state index contributed by atoms with van der Waals surface area (Å²) in [6, 6.07) is 30.9. The molecule has 2 atom stereocenters. The van der Waals surface area contributed by atoms with E-state index in [-0.39, 0.29) is 7.25 Å². The molecular weight excluding hydrogens is 782 g/mol. The molecular formula is C36H35Br2Cl2SiZr. The molecule has 4 aromatic carbocycles. The van der Waals surface area contributed by atoms with Crippen LogP contribution in [0.15, 0.2) is 105 Å². The number of hydrogen-bond donors (Lipinski definition) is 0. The van der Waals surface area contributed by atoms with E-state index >= 15 is 0 Å². The van der Waals surface area contributed by atoms with E-state index in [0.29, 0.717) is 0 Å². The van der Waals surface area contributed by atoms with Crippen molar-refractivity contribution in [2.45, 2.75) is 47.0 Å². The monoisotopic (exact) mass is 813 g/mol. The van der Waals surface area contributed by atoms with Gasteiger partial charge in [-0.2, -0.15) is 0 Å². The van der Waals surface area contributed by atoms with Gasteiger partial charge in [-0.15, -0.1) is 0 Å². The summed E-state index contributed by atoms with van der Waals surface area (Å²) < 4.78 is 2.40. The first kappa shape index (κ1) is 31.0. The minimum absolute atomic E-state index is 0.110. The van der Waals surface area contributed by atoms with Crippen molar-refractivity contribution < 1.29 is 15.6 Å². The van der Waals surface area contributed by atoms with Gasteiger partial charge in [-0.3, -0.25) is 0 Å². The van der Waals surface area contributed by atoms with Gasteiger partial charge < -0.3 is 0 Å². The standard InChI is InChI=1S/2C17H14Br.C2H7Si.2ClH.Zr/c2*1-2-12-10-14-4-3-5-16(17(14)11-12)13-6-8-15(18)9-7-13;1-3-2;;;/h2*3-11H,2H2,1H3;3H,1-2H3;2*1H;/q;;;;;+2/p-2. The number of hydrogen-bond acceptors (Lipinski definition) is 0. The predicted octanol–water partition coefficient (Wildman–Crippen LogP) is 12.9. The van der Waals surface area contributed by atoms with Gasteiger partial charge in [0.25, 0.3) is 0 Å². The maximum absolute atomic E-state index is 8.53. The second kappa shape index (κ2) is 11.7. The summed E-state index contributed by atoms with van der Waals surface area (Å²) >= 11 is 2.47. The molecule has 0 heterocycles. The van der Waals surface area contributed by atoms with Crippen LogP contribution in [-0.2, 0) is 15.6 Å². The summed E-state index contributed by atoms with van der Waals surface area (Å²) in [5, 5.41) is 0. The Kier molecular flexibility index (Phi) is 8.66. The first-order valence-corrected chi connectivity index (χ1v) is 32.7. The second-order valence-corrected chi connectivity index (χ2v) is 56.4. The Morgan fingerprint density at radius 1 is 0.619 bits per heavy atom. The molecule has 0 saturated heterocycles. The van der Waals surface area contributed by atoms with Crippen LogP contribution in [0.5, 0.6) is 0 Å². The first-order valence-electron chi connectivity index (χ1n) is 14.8. The first-order chi connectivity index (χ1) is 20.1. The molecule has 0 fully saturated rings. The number of benzene rings is 4. The average molecular weight is 818 g/mol. The van der Waals surface area contributed by atoms with Gasteiger partial charge in [0.15, 0.2) is 0 Å². The molecule has 215 valence electrons. The molecule has 0 bridgehead atoms. The molecule has 0 spiro atoms. The fourth-order valence-corrected chi connectivity index (χ4v) is 39.8. The predicted molar refractivity (Wildman–Crippen MR) is 192 cm³/mol. The Hall–Kier alpha value is -1.00. The SMILES string of the molecule is CCC1=Cc2c(-c3ccc(Br)cc3)cccc2[CH]1[Zr]([Cl])([Cl])([CH]1C(CC)=Cc2c(-c3ccc(Br)cc3)cccc21)[SiH](C)C. The number of halogens is 4. The molecule has 0 N–H and O–H groups in total. The molecule has 0 saturated carbocycles. The molecule has 42 heavy (non-hydrogen) atoms. The summed E-state index contributed by atoms with van der Waals surface area (Å²) in [4.78, 5) is 0. The van der Waals surface area contributed by atoms with Gasteiger partial charge in [0, 0.05) is 0 Å². The molecule has 2 aliphatic carbocycles. The van der Waals surface area contributed by atoms with Crippen LogP contribution in [0.3, 0.4) is 0 Å². The van der Waals surface area contributed by atoms with Gasteiger partial charge in [0.1, 0.15) is 0 Å². The zero-order valence-corrected chi connectivity index (χ0v) is 32.7. The van der Waals surface area contributed by atoms with E-state index in [2.05, 4.69) is 156 Å². The Balaban J connectivity index is 1.57. The molecule has 6 heteroatoms. The van der Waals surface area contributed by atoms with Crippen molar-refractivity contribution >= 4 is 67.0 Å². The summed E-state index contributed by atoms with van der Waals surface area (Å²) in [5.41, 5.74) is 13.1. The van der Waals surface area contributed by atoms with Gasteiger partial charge in [0.2, 0.25) is 0 Å². The van der Waals surface area contributed by atoms with E-state index in [9.17, 15) is 0 Å². The normalized spacial score (nSPS) is 18.7. The summed E-state index contributed by atoms with van der Waals surface area (Å²) in [6.45, 7) is 9.41. The maximum atomic E-state index is 8.53. The summed E-state index contributed by atoms with van der Waals surface area (Å²) in [7, 11) is 17.1. The topological polar surface area (TPSA) is 0 Å². The van der Waals surface area contributed by atoms with Crippen molar-refractivity contribution in [3.05, 3.63) is 127 Å². The summed E-state index contributed by atoms with van der Waals surface area (Å²) in [6.07, 6.45) is 6.78. The molecule has 0 aromatic heterocycles. The third kappa shape index (κ3) is 4.92. The Labute approximate surface area is 276 Å². The Bertz CT molecular complexity index is 1620. The Morgan fingerprint density at radius 2 is 1.00 bits per heavy atom. The number of rotatable bonds is 7. The van der Waals surface area contributed by atoms with Gasteiger partial charge >= 0.3 is 279 Å². The van der Waals surface area contributed by atoms with Crippen LogP contribution in [0.4, 0.5) is 0 Å². The molecule has 0 radical (unpaired) electrons. The van der Waals surface area contributed by atoms with Crippen LogP contribution in [0.2, 0.25) is 13.1 Å². The molecule has 6 rings (SSSR count). The summed E-state index contributed by atoms with van der Waals surface area (Å²) in [5.74, 6) is -1.59. The third-order valence-corrected chi connectivity index (χ3v) is 62.5. The number of allylic oxidation sites excluding steroid dienone is 2. The van der Waals surface area contributed by atoms with Crippen molar-refractivity contribution in [1.29, 1.82) is 0 Å². The molecule has 4 aromatic rings. The van der Waals surface area contributed by atoms with Gasteiger partial charge in [-0.25, -0.2) is 0 Å². The molecule has 2 unspecified atom stereocenters. The van der Waals surface area contributed by atoms with E-state index in [0.717, 1.165) is 21.8 Å². The van der Waals surface area contributed by atoms with Crippen LogP contribution in [0.25, 0.3) is 34.4 Å². The van der Waals surface area contributed by atoms with Crippen molar-refractivity contribution in [2.24, 2.45) is 0 Å². The van der Waals surface area contributed by atoms with Crippen molar-refractivity contribution in [3.63, 3.8) is 0 Å². The minimum atomic E-state index is -4.74. The molecule has 0 amide bonds. The zero-order valence-electron chi connectivity index (χ0n) is 24.4. The van der Waals surface area contributed by atoms with Crippen molar-refractivity contribution in [2.75, 3.05) is 0 Å². The third-order valence-electron chi connectivity index (χ3n) is 9.64. The van der Waals surface area contributed by atoms with Gasteiger partial charge in [-0.1, -0.05) is 0 Å². The van der Waals surface area contributed by atoms with E-state index in [4.69, 9.17) is 17.0 Å². The average Bonchev–Trinajstić information content (AvgIpc) is 3.58. The van der Waals surface area contributed by atoms with Crippen LogP contribution in [0, 0.1) is 0 Å². The van der Waals surface area contributed by atoms with E-state index in [1.807, 2.05) is 0 Å². The molecule has 0 aliphatic heterocycles. The van der Waals surface area contributed by atoms with Crippen molar-refractivity contribution in [1.82, 2.24) is 0 Å². The number of fused-ring (bicyclic) bond motifs is 2.